The third kappa shape index (κ3) is 3.42. The highest BCUT2D eigenvalue weighted by Crippen LogP contribution is 2.49. The van der Waals surface area contributed by atoms with Crippen molar-refractivity contribution in [2.75, 3.05) is 34.4 Å². The summed E-state index contributed by atoms with van der Waals surface area (Å²) in [6.45, 7) is 0.890. The molecule has 1 amide bonds. The van der Waals surface area contributed by atoms with Crippen LogP contribution in [0, 0.1) is 11.3 Å². The summed E-state index contributed by atoms with van der Waals surface area (Å²) in [5.41, 5.74) is 0.174. The smallest absolute Gasteiger partial charge is 0.311 e. The number of methoxy groups -OCH3 is 3. The second-order valence-corrected chi connectivity index (χ2v) is 7.36. The average Bonchev–Trinajstić information content (AvgIpc) is 3.23. The Morgan fingerprint density at radius 2 is 1.85 bits per heavy atom. The molecule has 7 heteroatoms. The van der Waals surface area contributed by atoms with Crippen LogP contribution in [0.4, 0.5) is 0 Å². The van der Waals surface area contributed by atoms with Crippen LogP contribution in [0.25, 0.3) is 0 Å². The molecule has 0 aromatic heterocycles. The van der Waals surface area contributed by atoms with E-state index >= 15 is 0 Å². The van der Waals surface area contributed by atoms with E-state index in [0.717, 1.165) is 18.4 Å². The molecule has 1 aromatic carbocycles. The van der Waals surface area contributed by atoms with E-state index < -0.39 is 11.4 Å². The fourth-order valence-corrected chi connectivity index (χ4v) is 4.52. The first kappa shape index (κ1) is 19.3. The third-order valence-electron chi connectivity index (χ3n) is 6.00. The van der Waals surface area contributed by atoms with Crippen molar-refractivity contribution in [3.8, 4) is 17.2 Å². The zero-order chi connectivity index (χ0) is 19.6. The predicted molar refractivity (Wildman–Crippen MR) is 98.4 cm³/mol. The molecule has 0 unspecified atom stereocenters. The number of carbonyl (C=O) groups excluding carboxylic acids is 1. The number of rotatable bonds is 7. The largest absolute Gasteiger partial charge is 0.493 e. The van der Waals surface area contributed by atoms with Crippen LogP contribution in [0.3, 0.4) is 0 Å². The standard InChI is InChI=1S/C20H27NO6/c1-25-15-9-13(10-16(26-2)18(15)27-3)6-7-17(22)21-11-14-5-4-8-20(14,12-21)19(23)24/h9-10,14H,4-8,11-12H2,1-3H3,(H,23,24)/t14-,20+/m0/s1. The zero-order valence-electron chi connectivity index (χ0n) is 16.1. The first-order chi connectivity index (χ1) is 12.9. The van der Waals surface area contributed by atoms with Gasteiger partial charge in [0.25, 0.3) is 0 Å². The Kier molecular flexibility index (Phi) is 5.48. The van der Waals surface area contributed by atoms with Crippen molar-refractivity contribution in [1.82, 2.24) is 4.90 Å². The number of carbonyl (C=O) groups is 2. The van der Waals surface area contributed by atoms with E-state index in [0.29, 0.717) is 49.6 Å². The molecule has 2 fully saturated rings. The average molecular weight is 377 g/mol. The van der Waals surface area contributed by atoms with Gasteiger partial charge in [-0.1, -0.05) is 6.42 Å². The Bertz CT molecular complexity index is 708. The van der Waals surface area contributed by atoms with Gasteiger partial charge in [-0.15, -0.1) is 0 Å². The second-order valence-electron chi connectivity index (χ2n) is 7.36. The van der Waals surface area contributed by atoms with Gasteiger partial charge in [-0.25, -0.2) is 0 Å². The van der Waals surface area contributed by atoms with Gasteiger partial charge in [0, 0.05) is 19.5 Å². The summed E-state index contributed by atoms with van der Waals surface area (Å²) in [5.74, 6) is 0.953. The number of benzene rings is 1. The van der Waals surface area contributed by atoms with Gasteiger partial charge < -0.3 is 24.2 Å². The lowest BCUT2D eigenvalue weighted by Gasteiger charge is -2.23. The molecule has 1 aliphatic carbocycles. The van der Waals surface area contributed by atoms with Crippen molar-refractivity contribution >= 4 is 11.9 Å². The number of fused-ring (bicyclic) bond motifs is 1. The maximum absolute atomic E-state index is 12.7. The normalized spacial score (nSPS) is 23.8. The summed E-state index contributed by atoms with van der Waals surface area (Å²) in [4.78, 5) is 26.2. The van der Waals surface area contributed by atoms with Crippen molar-refractivity contribution in [2.45, 2.75) is 32.1 Å². The Morgan fingerprint density at radius 1 is 1.19 bits per heavy atom. The van der Waals surface area contributed by atoms with Crippen LogP contribution in [-0.4, -0.2) is 56.3 Å². The molecular weight excluding hydrogens is 350 g/mol. The molecule has 2 aliphatic rings. The summed E-state index contributed by atoms with van der Waals surface area (Å²) >= 11 is 0. The topological polar surface area (TPSA) is 85.3 Å². The number of likely N-dealkylation sites (tertiary alicyclic amines) is 1. The highest BCUT2D eigenvalue weighted by molar-refractivity contribution is 5.81. The summed E-state index contributed by atoms with van der Waals surface area (Å²) in [5, 5.41) is 9.67. The SMILES string of the molecule is COc1cc(CCC(=O)N2C[C@@H]3CCC[C@@]3(C(=O)O)C2)cc(OC)c1OC. The number of aryl methyl sites for hydroxylation is 1. The fourth-order valence-electron chi connectivity index (χ4n) is 4.52. The Balaban J connectivity index is 1.67. The highest BCUT2D eigenvalue weighted by Gasteiger charge is 2.55. The highest BCUT2D eigenvalue weighted by atomic mass is 16.5. The van der Waals surface area contributed by atoms with Gasteiger partial charge in [0.2, 0.25) is 11.7 Å². The summed E-state index contributed by atoms with van der Waals surface area (Å²) in [7, 11) is 4.66. The molecule has 148 valence electrons. The molecule has 3 rings (SSSR count). The van der Waals surface area contributed by atoms with Crippen LogP contribution in [0.1, 0.15) is 31.2 Å². The van der Waals surface area contributed by atoms with Crippen molar-refractivity contribution in [3.05, 3.63) is 17.7 Å². The predicted octanol–water partition coefficient (Wildman–Crippen LogP) is 2.36. The molecular formula is C20H27NO6. The van der Waals surface area contributed by atoms with Gasteiger partial charge in [0.15, 0.2) is 11.5 Å². The number of carboxylic acids is 1. The molecule has 7 nitrogen and oxygen atoms in total. The van der Waals surface area contributed by atoms with Gasteiger partial charge in [-0.3, -0.25) is 9.59 Å². The number of ether oxygens (including phenoxy) is 3. The third-order valence-corrected chi connectivity index (χ3v) is 6.00. The number of aliphatic carboxylic acids is 1. The van der Waals surface area contributed by atoms with E-state index in [9.17, 15) is 14.7 Å². The molecule has 2 atom stereocenters. The minimum absolute atomic E-state index is 0.00113. The Labute approximate surface area is 159 Å². The van der Waals surface area contributed by atoms with Crippen LogP contribution < -0.4 is 14.2 Å². The maximum Gasteiger partial charge on any atom is 0.311 e. The maximum atomic E-state index is 12.7. The van der Waals surface area contributed by atoms with Gasteiger partial charge in [-0.2, -0.15) is 0 Å². The van der Waals surface area contributed by atoms with E-state index in [2.05, 4.69) is 0 Å². The van der Waals surface area contributed by atoms with Gasteiger partial charge in [0.1, 0.15) is 0 Å². The second kappa shape index (κ2) is 7.66. The number of hydrogen-bond acceptors (Lipinski definition) is 5. The molecule has 0 radical (unpaired) electrons. The minimum atomic E-state index is -0.759. The van der Waals surface area contributed by atoms with Crippen LogP contribution >= 0.6 is 0 Å². The monoisotopic (exact) mass is 377 g/mol. The first-order valence-electron chi connectivity index (χ1n) is 9.25. The molecule has 1 aliphatic heterocycles. The Morgan fingerprint density at radius 3 is 2.37 bits per heavy atom. The Hall–Kier alpha value is -2.44. The van der Waals surface area contributed by atoms with E-state index in [1.54, 1.807) is 26.2 Å². The van der Waals surface area contributed by atoms with E-state index in [4.69, 9.17) is 14.2 Å². The number of carboxylic acid groups (broad SMARTS) is 1. The van der Waals surface area contributed by atoms with Gasteiger partial charge >= 0.3 is 5.97 Å². The van der Waals surface area contributed by atoms with Crippen molar-refractivity contribution in [2.24, 2.45) is 11.3 Å². The lowest BCUT2D eigenvalue weighted by Crippen LogP contribution is -2.37. The van der Waals surface area contributed by atoms with E-state index in [1.165, 1.54) is 0 Å². The zero-order valence-corrected chi connectivity index (χ0v) is 16.1. The number of amides is 1. The molecule has 27 heavy (non-hydrogen) atoms. The van der Waals surface area contributed by atoms with E-state index in [-0.39, 0.29) is 11.8 Å². The molecule has 0 bridgehead atoms. The quantitative estimate of drug-likeness (QED) is 0.785. The molecule has 1 saturated heterocycles. The fraction of sp³-hybridized carbons (Fsp3) is 0.600. The molecule has 1 N–H and O–H groups in total. The summed E-state index contributed by atoms with van der Waals surface area (Å²) < 4.78 is 16.0. The number of hydrogen-bond donors (Lipinski definition) is 1. The lowest BCUT2D eigenvalue weighted by atomic mass is 9.81. The molecule has 1 aromatic rings. The first-order valence-corrected chi connectivity index (χ1v) is 9.25. The van der Waals surface area contributed by atoms with Crippen LogP contribution in [0.2, 0.25) is 0 Å². The van der Waals surface area contributed by atoms with Crippen LogP contribution in [0.5, 0.6) is 17.2 Å². The minimum Gasteiger partial charge on any atom is -0.493 e. The van der Waals surface area contributed by atoms with Crippen molar-refractivity contribution in [1.29, 1.82) is 0 Å². The van der Waals surface area contributed by atoms with Crippen LogP contribution in [-0.2, 0) is 16.0 Å². The summed E-state index contributed by atoms with van der Waals surface area (Å²) in [6.07, 6.45) is 3.34. The van der Waals surface area contributed by atoms with Crippen molar-refractivity contribution < 1.29 is 28.9 Å². The van der Waals surface area contributed by atoms with Crippen LogP contribution in [0.15, 0.2) is 12.1 Å². The lowest BCUT2D eigenvalue weighted by molar-refractivity contribution is -0.149. The van der Waals surface area contributed by atoms with E-state index in [1.807, 2.05) is 12.1 Å². The molecule has 1 heterocycles. The molecule has 0 spiro atoms. The number of nitrogens with zero attached hydrogens (tertiary/aromatic N) is 1. The van der Waals surface area contributed by atoms with Gasteiger partial charge in [-0.05, 0) is 42.9 Å². The molecule has 1 saturated carbocycles. The summed E-state index contributed by atoms with van der Waals surface area (Å²) in [6, 6.07) is 3.68. The van der Waals surface area contributed by atoms with Crippen molar-refractivity contribution in [3.63, 3.8) is 0 Å². The van der Waals surface area contributed by atoms with Gasteiger partial charge in [0.05, 0.1) is 26.7 Å².